The van der Waals surface area contributed by atoms with Crippen LogP contribution >= 0.6 is 11.8 Å². The van der Waals surface area contributed by atoms with Crippen LogP contribution in [-0.4, -0.2) is 33.9 Å². The molecule has 0 saturated carbocycles. The molecule has 1 saturated heterocycles. The van der Waals surface area contributed by atoms with E-state index in [-0.39, 0.29) is 12.1 Å². The van der Waals surface area contributed by atoms with E-state index >= 15 is 0 Å². The molecule has 0 radical (unpaired) electrons. The minimum Gasteiger partial charge on any atom is -0.444 e. The summed E-state index contributed by atoms with van der Waals surface area (Å²) in [6.07, 6.45) is 3.58. The molecule has 1 aromatic rings. The molecule has 5 heteroatoms. The molecule has 0 aliphatic carbocycles. The topological polar surface area (TPSA) is 42.4 Å². The predicted octanol–water partition coefficient (Wildman–Crippen LogP) is 4.27. The van der Waals surface area contributed by atoms with E-state index in [0.29, 0.717) is 0 Å². The molecule has 1 amide bonds. The molecule has 0 unspecified atom stereocenters. The van der Waals surface area contributed by atoms with Gasteiger partial charge in [0.25, 0.3) is 0 Å². The summed E-state index contributed by atoms with van der Waals surface area (Å²) < 4.78 is 5.53. The predicted molar refractivity (Wildman–Crippen MR) is 85.6 cm³/mol. The Hall–Kier alpha value is -1.23. The van der Waals surface area contributed by atoms with Gasteiger partial charge in [-0.05, 0) is 45.4 Å². The van der Waals surface area contributed by atoms with Crippen LogP contribution in [0.25, 0.3) is 0 Å². The number of carbonyl (C=O) groups is 1. The number of nitrogens with zero attached hydrogens (tertiary/aromatic N) is 2. The first kappa shape index (κ1) is 16.1. The van der Waals surface area contributed by atoms with Gasteiger partial charge in [0.05, 0.1) is 6.04 Å². The van der Waals surface area contributed by atoms with Gasteiger partial charge in [-0.15, -0.1) is 11.8 Å². The van der Waals surface area contributed by atoms with Crippen LogP contribution in [0.2, 0.25) is 0 Å². The zero-order valence-corrected chi connectivity index (χ0v) is 14.1. The molecule has 0 aromatic carbocycles. The fourth-order valence-electron chi connectivity index (χ4n) is 2.54. The van der Waals surface area contributed by atoms with Gasteiger partial charge in [-0.25, -0.2) is 9.78 Å². The number of rotatable bonds is 3. The number of hydrogen-bond donors (Lipinski definition) is 0. The minimum atomic E-state index is -0.458. The zero-order chi connectivity index (χ0) is 15.5. The van der Waals surface area contributed by atoms with Crippen molar-refractivity contribution in [1.29, 1.82) is 0 Å². The van der Waals surface area contributed by atoms with Crippen molar-refractivity contribution in [1.82, 2.24) is 9.88 Å². The second kappa shape index (κ2) is 6.69. The normalized spacial score (nSPS) is 18.9. The maximum atomic E-state index is 12.4. The largest absolute Gasteiger partial charge is 0.444 e. The van der Waals surface area contributed by atoms with E-state index < -0.39 is 5.60 Å². The molecule has 0 spiro atoms. The number of likely N-dealkylation sites (tertiary alicyclic amines) is 1. The Labute approximate surface area is 131 Å². The van der Waals surface area contributed by atoms with Crippen LogP contribution < -0.4 is 0 Å². The summed E-state index contributed by atoms with van der Waals surface area (Å²) in [6, 6.07) is 4.11. The van der Waals surface area contributed by atoms with E-state index in [1.54, 1.807) is 11.8 Å². The molecule has 1 aliphatic rings. The Balaban J connectivity index is 2.21. The molecule has 21 heavy (non-hydrogen) atoms. The average Bonchev–Trinajstić information content (AvgIpc) is 2.87. The molecule has 2 heterocycles. The van der Waals surface area contributed by atoms with Crippen molar-refractivity contribution in [2.75, 3.05) is 12.3 Å². The Morgan fingerprint density at radius 2 is 2.29 bits per heavy atom. The van der Waals surface area contributed by atoms with Crippen molar-refractivity contribution in [2.45, 2.75) is 57.2 Å². The quantitative estimate of drug-likeness (QED) is 0.782. The van der Waals surface area contributed by atoms with Crippen LogP contribution in [0, 0.1) is 0 Å². The van der Waals surface area contributed by atoms with Crippen LogP contribution in [0.4, 0.5) is 4.79 Å². The number of hydrogen-bond acceptors (Lipinski definition) is 4. The Bertz CT molecular complexity index is 499. The number of pyridine rings is 1. The van der Waals surface area contributed by atoms with Crippen LogP contribution in [0.15, 0.2) is 23.4 Å². The van der Waals surface area contributed by atoms with Gasteiger partial charge >= 0.3 is 6.09 Å². The van der Waals surface area contributed by atoms with Gasteiger partial charge in [0.2, 0.25) is 0 Å². The van der Waals surface area contributed by atoms with Crippen LogP contribution in [0.3, 0.4) is 0 Å². The summed E-state index contributed by atoms with van der Waals surface area (Å²) in [4.78, 5) is 18.7. The Morgan fingerprint density at radius 3 is 2.95 bits per heavy atom. The zero-order valence-electron chi connectivity index (χ0n) is 13.3. The number of amides is 1. The van der Waals surface area contributed by atoms with E-state index in [1.807, 2.05) is 37.9 Å². The summed E-state index contributed by atoms with van der Waals surface area (Å²) in [6.45, 7) is 8.57. The van der Waals surface area contributed by atoms with Crippen molar-refractivity contribution in [2.24, 2.45) is 0 Å². The van der Waals surface area contributed by atoms with Crippen LogP contribution in [0.1, 0.15) is 52.1 Å². The smallest absolute Gasteiger partial charge is 0.410 e. The van der Waals surface area contributed by atoms with E-state index in [9.17, 15) is 4.79 Å². The Morgan fingerprint density at radius 1 is 1.52 bits per heavy atom. The number of carbonyl (C=O) groups excluding carboxylic acids is 1. The van der Waals surface area contributed by atoms with Crippen molar-refractivity contribution >= 4 is 17.9 Å². The number of thioether (sulfide) groups is 1. The fraction of sp³-hybridized carbons (Fsp3) is 0.625. The van der Waals surface area contributed by atoms with Crippen LogP contribution in [0.5, 0.6) is 0 Å². The summed E-state index contributed by atoms with van der Waals surface area (Å²) in [5, 5.41) is 1.03. The van der Waals surface area contributed by atoms with Gasteiger partial charge in [-0.2, -0.15) is 0 Å². The molecule has 4 nitrogen and oxygen atoms in total. The molecule has 2 rings (SSSR count). The molecular weight excluding hydrogens is 284 g/mol. The molecule has 1 atom stereocenters. The molecule has 0 bridgehead atoms. The molecule has 0 N–H and O–H groups in total. The van der Waals surface area contributed by atoms with Gasteiger partial charge in [0.15, 0.2) is 0 Å². The maximum absolute atomic E-state index is 12.4. The first-order valence-corrected chi connectivity index (χ1v) is 8.48. The van der Waals surface area contributed by atoms with Gasteiger partial charge in [0, 0.05) is 18.3 Å². The highest BCUT2D eigenvalue weighted by Crippen LogP contribution is 2.37. The van der Waals surface area contributed by atoms with Crippen LogP contribution in [-0.2, 0) is 4.74 Å². The second-order valence-electron chi connectivity index (χ2n) is 6.16. The highest BCUT2D eigenvalue weighted by molar-refractivity contribution is 7.99. The number of aromatic nitrogens is 1. The lowest BCUT2D eigenvalue weighted by atomic mass is 10.1. The third-order valence-corrected chi connectivity index (χ3v) is 4.22. The molecule has 1 aromatic heterocycles. The lowest BCUT2D eigenvalue weighted by molar-refractivity contribution is 0.0222. The first-order valence-electron chi connectivity index (χ1n) is 7.49. The van der Waals surface area contributed by atoms with Crippen molar-refractivity contribution in [3.63, 3.8) is 0 Å². The SMILES string of the molecule is CCSc1ncccc1[C@@H]1CCCN1C(=O)OC(C)(C)C. The minimum absolute atomic E-state index is 0.0857. The van der Waals surface area contributed by atoms with E-state index in [0.717, 1.165) is 35.7 Å². The van der Waals surface area contributed by atoms with E-state index in [1.165, 1.54) is 0 Å². The monoisotopic (exact) mass is 308 g/mol. The molecule has 1 aliphatic heterocycles. The van der Waals surface area contributed by atoms with E-state index in [4.69, 9.17) is 4.74 Å². The highest BCUT2D eigenvalue weighted by Gasteiger charge is 2.34. The average molecular weight is 308 g/mol. The summed E-state index contributed by atoms with van der Waals surface area (Å²) >= 11 is 1.73. The van der Waals surface area contributed by atoms with Gasteiger partial charge < -0.3 is 9.64 Å². The molecule has 116 valence electrons. The molecular formula is C16H24N2O2S. The van der Waals surface area contributed by atoms with Crippen molar-refractivity contribution in [3.05, 3.63) is 23.9 Å². The Kier molecular flexibility index (Phi) is 5.14. The molecule has 1 fully saturated rings. The summed E-state index contributed by atoms with van der Waals surface area (Å²) in [7, 11) is 0. The third-order valence-electron chi connectivity index (χ3n) is 3.32. The lowest BCUT2D eigenvalue weighted by Crippen LogP contribution is -2.36. The standard InChI is InChI=1S/C16H24N2O2S/c1-5-21-14-12(8-6-10-17-14)13-9-7-11-18(13)15(19)20-16(2,3)4/h6,8,10,13H,5,7,9,11H2,1-4H3/t13-/m0/s1. The van der Waals surface area contributed by atoms with Crippen molar-refractivity contribution < 1.29 is 9.53 Å². The summed E-state index contributed by atoms with van der Waals surface area (Å²) in [5.41, 5.74) is 0.688. The lowest BCUT2D eigenvalue weighted by Gasteiger charge is -2.29. The second-order valence-corrected chi connectivity index (χ2v) is 7.42. The van der Waals surface area contributed by atoms with E-state index in [2.05, 4.69) is 18.0 Å². The number of ether oxygens (including phenoxy) is 1. The fourth-order valence-corrected chi connectivity index (χ4v) is 3.32. The van der Waals surface area contributed by atoms with Crippen molar-refractivity contribution in [3.8, 4) is 0 Å². The van der Waals surface area contributed by atoms with Gasteiger partial charge in [0.1, 0.15) is 10.6 Å². The van der Waals surface area contributed by atoms with Gasteiger partial charge in [-0.3, -0.25) is 0 Å². The summed E-state index contributed by atoms with van der Waals surface area (Å²) in [5.74, 6) is 0.975. The first-order chi connectivity index (χ1) is 9.92. The van der Waals surface area contributed by atoms with Gasteiger partial charge in [-0.1, -0.05) is 13.0 Å². The maximum Gasteiger partial charge on any atom is 0.410 e. The third kappa shape index (κ3) is 4.13. The highest BCUT2D eigenvalue weighted by atomic mass is 32.2.